The first-order valence-corrected chi connectivity index (χ1v) is 10.5. The standard InChI is InChI=1S/C22H36N4O3/c1-5-25-12-14-26(15-13-25)17-19-8-6-18(7-9-19)16-24-20(27)10-11-23-21(28)29-22(2,3)4/h6-9H,5,10-17H2,1-4H3,(H,23,28)(H,24,27). The number of carbonyl (C=O) groups is 2. The van der Waals surface area contributed by atoms with E-state index in [1.54, 1.807) is 20.8 Å². The molecule has 1 saturated heterocycles. The van der Waals surface area contributed by atoms with Gasteiger partial charge in [0.05, 0.1) is 0 Å². The van der Waals surface area contributed by atoms with Crippen molar-refractivity contribution in [2.45, 2.75) is 52.8 Å². The summed E-state index contributed by atoms with van der Waals surface area (Å²) in [5.41, 5.74) is 1.83. The molecule has 29 heavy (non-hydrogen) atoms. The molecule has 162 valence electrons. The first-order valence-electron chi connectivity index (χ1n) is 10.5. The smallest absolute Gasteiger partial charge is 0.407 e. The predicted octanol–water partition coefficient (Wildman–Crippen LogP) is 2.36. The second kappa shape index (κ2) is 11.2. The van der Waals surface area contributed by atoms with Gasteiger partial charge in [-0.3, -0.25) is 9.69 Å². The summed E-state index contributed by atoms with van der Waals surface area (Å²) in [6, 6.07) is 8.41. The fraction of sp³-hybridized carbons (Fsp3) is 0.636. The van der Waals surface area contributed by atoms with Gasteiger partial charge in [-0.25, -0.2) is 4.79 Å². The Hall–Kier alpha value is -2.12. The molecule has 0 atom stereocenters. The maximum Gasteiger partial charge on any atom is 0.407 e. The molecule has 1 fully saturated rings. The van der Waals surface area contributed by atoms with Crippen LogP contribution in [-0.4, -0.2) is 66.7 Å². The SMILES string of the molecule is CCN1CCN(Cc2ccc(CNC(=O)CCNC(=O)OC(C)(C)C)cc2)CC1. The van der Waals surface area contributed by atoms with Gasteiger partial charge >= 0.3 is 6.09 Å². The minimum atomic E-state index is -0.539. The molecule has 2 amide bonds. The molecule has 1 aromatic rings. The Kier molecular flexibility index (Phi) is 8.92. The lowest BCUT2D eigenvalue weighted by molar-refractivity contribution is -0.121. The third kappa shape index (κ3) is 9.28. The minimum Gasteiger partial charge on any atom is -0.444 e. The molecular weight excluding hydrogens is 368 g/mol. The van der Waals surface area contributed by atoms with Crippen molar-refractivity contribution in [1.29, 1.82) is 0 Å². The van der Waals surface area contributed by atoms with Crippen molar-refractivity contribution in [2.24, 2.45) is 0 Å². The average Bonchev–Trinajstić information content (AvgIpc) is 2.66. The molecule has 0 unspecified atom stereocenters. The van der Waals surface area contributed by atoms with E-state index in [-0.39, 0.29) is 18.9 Å². The Bertz CT molecular complexity index is 647. The fourth-order valence-corrected chi connectivity index (χ4v) is 3.17. The van der Waals surface area contributed by atoms with Crippen LogP contribution in [0.25, 0.3) is 0 Å². The molecule has 0 saturated carbocycles. The van der Waals surface area contributed by atoms with Gasteiger partial charge in [-0.1, -0.05) is 31.2 Å². The summed E-state index contributed by atoms with van der Waals surface area (Å²) in [4.78, 5) is 28.5. The van der Waals surface area contributed by atoms with Crippen LogP contribution in [0.3, 0.4) is 0 Å². The summed E-state index contributed by atoms with van der Waals surface area (Å²) in [7, 11) is 0. The van der Waals surface area contributed by atoms with Crippen LogP contribution < -0.4 is 10.6 Å². The van der Waals surface area contributed by atoms with Crippen LogP contribution in [0.1, 0.15) is 45.2 Å². The third-order valence-corrected chi connectivity index (χ3v) is 4.85. The van der Waals surface area contributed by atoms with E-state index < -0.39 is 11.7 Å². The summed E-state index contributed by atoms with van der Waals surface area (Å²) < 4.78 is 5.14. The van der Waals surface area contributed by atoms with Crippen LogP contribution in [0.4, 0.5) is 4.79 Å². The first-order chi connectivity index (χ1) is 13.7. The summed E-state index contributed by atoms with van der Waals surface area (Å²) in [5, 5.41) is 5.48. The van der Waals surface area contributed by atoms with Crippen LogP contribution >= 0.6 is 0 Å². The molecule has 1 aromatic carbocycles. The van der Waals surface area contributed by atoms with Gasteiger partial charge in [-0.15, -0.1) is 0 Å². The highest BCUT2D eigenvalue weighted by Crippen LogP contribution is 2.10. The second-order valence-corrected chi connectivity index (χ2v) is 8.48. The van der Waals surface area contributed by atoms with Crippen LogP contribution in [0.2, 0.25) is 0 Å². The lowest BCUT2D eigenvalue weighted by Gasteiger charge is -2.34. The zero-order valence-corrected chi connectivity index (χ0v) is 18.3. The highest BCUT2D eigenvalue weighted by molar-refractivity contribution is 5.77. The maximum absolute atomic E-state index is 12.0. The van der Waals surface area contributed by atoms with Crippen LogP contribution in [0.5, 0.6) is 0 Å². The zero-order chi connectivity index (χ0) is 21.3. The monoisotopic (exact) mass is 404 g/mol. The number of ether oxygens (including phenoxy) is 1. The van der Waals surface area contributed by atoms with E-state index in [4.69, 9.17) is 4.74 Å². The predicted molar refractivity (Wildman–Crippen MR) is 115 cm³/mol. The van der Waals surface area contributed by atoms with Gasteiger partial charge in [0.1, 0.15) is 5.60 Å². The number of nitrogens with one attached hydrogen (secondary N) is 2. The van der Waals surface area contributed by atoms with E-state index in [9.17, 15) is 9.59 Å². The number of likely N-dealkylation sites (N-methyl/N-ethyl adjacent to an activating group) is 1. The van der Waals surface area contributed by atoms with Gasteiger partial charge in [-0.05, 0) is 38.4 Å². The van der Waals surface area contributed by atoms with Crippen LogP contribution in [0, 0.1) is 0 Å². The molecule has 1 aliphatic heterocycles. The summed E-state index contributed by atoms with van der Waals surface area (Å²) >= 11 is 0. The number of rotatable bonds is 8. The average molecular weight is 405 g/mol. The quantitative estimate of drug-likeness (QED) is 0.696. The number of carbonyl (C=O) groups excluding carboxylic acids is 2. The maximum atomic E-state index is 12.0. The van der Waals surface area contributed by atoms with Gasteiger partial charge in [0.25, 0.3) is 0 Å². The Balaban J connectivity index is 1.64. The number of nitrogens with zero attached hydrogens (tertiary/aromatic N) is 2. The van der Waals surface area contributed by atoms with Crippen molar-refractivity contribution in [3.8, 4) is 0 Å². The van der Waals surface area contributed by atoms with Crippen molar-refractivity contribution < 1.29 is 14.3 Å². The molecule has 0 aromatic heterocycles. The van der Waals surface area contributed by atoms with Crippen LogP contribution in [-0.2, 0) is 22.6 Å². The normalized spacial score (nSPS) is 15.7. The number of amides is 2. The molecule has 1 heterocycles. The lowest BCUT2D eigenvalue weighted by Crippen LogP contribution is -2.45. The van der Waals surface area contributed by atoms with Crippen molar-refractivity contribution in [1.82, 2.24) is 20.4 Å². The van der Waals surface area contributed by atoms with E-state index in [2.05, 4.69) is 51.6 Å². The first kappa shape index (κ1) is 23.2. The number of alkyl carbamates (subject to hydrolysis) is 1. The minimum absolute atomic E-state index is 0.0982. The fourth-order valence-electron chi connectivity index (χ4n) is 3.17. The molecule has 7 nitrogen and oxygen atoms in total. The molecule has 0 bridgehead atoms. The van der Waals surface area contributed by atoms with E-state index >= 15 is 0 Å². The number of hydrogen-bond acceptors (Lipinski definition) is 5. The van der Waals surface area contributed by atoms with Gasteiger partial charge in [0, 0.05) is 52.2 Å². The van der Waals surface area contributed by atoms with Crippen LogP contribution in [0.15, 0.2) is 24.3 Å². The highest BCUT2D eigenvalue weighted by Gasteiger charge is 2.16. The summed E-state index contributed by atoms with van der Waals surface area (Å²) in [6.07, 6.45) is -0.280. The Morgan fingerprint density at radius 2 is 1.55 bits per heavy atom. The van der Waals surface area contributed by atoms with E-state index in [1.807, 2.05) is 0 Å². The molecule has 2 N–H and O–H groups in total. The van der Waals surface area contributed by atoms with Gasteiger partial charge < -0.3 is 20.3 Å². The van der Waals surface area contributed by atoms with Crippen molar-refractivity contribution >= 4 is 12.0 Å². The third-order valence-electron chi connectivity index (χ3n) is 4.85. The molecule has 1 aliphatic rings. The number of piperazine rings is 1. The Morgan fingerprint density at radius 1 is 0.966 bits per heavy atom. The molecule has 7 heteroatoms. The van der Waals surface area contributed by atoms with Gasteiger partial charge in [0.2, 0.25) is 5.91 Å². The summed E-state index contributed by atoms with van der Waals surface area (Å²) in [5.74, 6) is -0.0982. The van der Waals surface area contributed by atoms with Crippen molar-refractivity contribution in [2.75, 3.05) is 39.3 Å². The van der Waals surface area contributed by atoms with Gasteiger partial charge in [-0.2, -0.15) is 0 Å². The largest absolute Gasteiger partial charge is 0.444 e. The van der Waals surface area contributed by atoms with Gasteiger partial charge in [0.15, 0.2) is 0 Å². The molecular formula is C22H36N4O3. The van der Waals surface area contributed by atoms with Crippen molar-refractivity contribution in [3.05, 3.63) is 35.4 Å². The van der Waals surface area contributed by atoms with E-state index in [1.165, 1.54) is 5.56 Å². The van der Waals surface area contributed by atoms with E-state index in [0.29, 0.717) is 6.54 Å². The molecule has 0 radical (unpaired) electrons. The molecule has 2 rings (SSSR count). The Labute approximate surface area is 174 Å². The number of benzene rings is 1. The second-order valence-electron chi connectivity index (χ2n) is 8.48. The summed E-state index contributed by atoms with van der Waals surface area (Å²) in [6.45, 7) is 15.0. The zero-order valence-electron chi connectivity index (χ0n) is 18.3. The molecule has 0 spiro atoms. The lowest BCUT2D eigenvalue weighted by atomic mass is 10.1. The number of hydrogen-bond donors (Lipinski definition) is 2. The van der Waals surface area contributed by atoms with Crippen molar-refractivity contribution in [3.63, 3.8) is 0 Å². The molecule has 0 aliphatic carbocycles. The Morgan fingerprint density at radius 3 is 2.14 bits per heavy atom. The van der Waals surface area contributed by atoms with E-state index in [0.717, 1.165) is 44.8 Å². The topological polar surface area (TPSA) is 73.9 Å². The highest BCUT2D eigenvalue weighted by atomic mass is 16.6.